The van der Waals surface area contributed by atoms with E-state index >= 15 is 0 Å². The molecule has 5 atom stereocenters. The summed E-state index contributed by atoms with van der Waals surface area (Å²) in [5.74, 6) is -4.31. The molecule has 13 nitrogen and oxygen atoms in total. The molecule has 49 heavy (non-hydrogen) atoms. The van der Waals surface area contributed by atoms with Crippen LogP contribution in [0.2, 0.25) is 0 Å². The third-order valence-corrected chi connectivity index (χ3v) is 11.4. The van der Waals surface area contributed by atoms with Crippen molar-refractivity contribution in [1.29, 1.82) is 0 Å². The van der Waals surface area contributed by atoms with Gasteiger partial charge in [0.1, 0.15) is 11.6 Å². The zero-order valence-corrected chi connectivity index (χ0v) is 27.4. The van der Waals surface area contributed by atoms with E-state index in [1.165, 1.54) is 22.0 Å². The molecular formula is C32H37F3N6O7S. The van der Waals surface area contributed by atoms with Gasteiger partial charge in [-0.15, -0.1) is 0 Å². The van der Waals surface area contributed by atoms with Crippen molar-refractivity contribution in [2.24, 2.45) is 17.8 Å². The van der Waals surface area contributed by atoms with Crippen LogP contribution in [0.25, 0.3) is 5.69 Å². The van der Waals surface area contributed by atoms with E-state index in [0.29, 0.717) is 32.2 Å². The zero-order valence-electron chi connectivity index (χ0n) is 26.6. The Morgan fingerprint density at radius 1 is 1.12 bits per heavy atom. The number of halogens is 3. The summed E-state index contributed by atoms with van der Waals surface area (Å²) in [5, 5.41) is 8.49. The van der Waals surface area contributed by atoms with Gasteiger partial charge in [0.2, 0.25) is 21.8 Å². The standard InChI is InChI=1S/C32H37F3N6O7S/c1-40-13-5-3-2-4-7-20-18-31(20,29(44)39-49(46,47)22-9-10-22)38-27(42)23-16-21(17-24(23)28(40)43)48-30(45)37-25-15-19(32(33,34)35)8-11-26(25)41-14-6-12-36-41/h4,6-8,11-12,14-15,20-24H,2-3,5,9-10,13,16-18H2,1H3,(H,37,45)(H,38,42)(H,39,44)/b7-4-. The second-order valence-corrected chi connectivity index (χ2v) is 15.1. The van der Waals surface area contributed by atoms with E-state index in [2.05, 4.69) is 20.5 Å². The predicted octanol–water partition coefficient (Wildman–Crippen LogP) is 3.52. The second kappa shape index (κ2) is 13.1. The van der Waals surface area contributed by atoms with Crippen LogP contribution >= 0.6 is 0 Å². The average Bonchev–Trinajstić information content (AvgIpc) is 3.90. The summed E-state index contributed by atoms with van der Waals surface area (Å²) in [6.07, 6.45) is 2.79. The highest BCUT2D eigenvalue weighted by atomic mass is 32.2. The van der Waals surface area contributed by atoms with Crippen LogP contribution in [0.4, 0.5) is 23.7 Å². The number of hydrogen-bond donors (Lipinski definition) is 3. The molecule has 5 unspecified atom stereocenters. The maximum atomic E-state index is 13.9. The zero-order chi connectivity index (χ0) is 35.1. The first-order valence-electron chi connectivity index (χ1n) is 16.2. The molecule has 3 N–H and O–H groups in total. The van der Waals surface area contributed by atoms with Gasteiger partial charge in [-0.25, -0.2) is 17.9 Å². The lowest BCUT2D eigenvalue weighted by Gasteiger charge is -2.26. The SMILES string of the molecule is CN1CCCC/C=C\C2CC2(C(=O)NS(=O)(=O)C2CC2)NC(=O)C2CC(OC(=O)Nc3cc(C(F)(F)F)ccc3-n3cccn3)CC2C1=O. The predicted molar refractivity (Wildman–Crippen MR) is 168 cm³/mol. The molecule has 1 aromatic heterocycles. The number of aromatic nitrogens is 2. The number of hydrogen-bond acceptors (Lipinski definition) is 8. The number of rotatable bonds is 6. The highest BCUT2D eigenvalue weighted by Crippen LogP contribution is 2.47. The number of anilines is 1. The molecule has 4 aliphatic rings. The van der Waals surface area contributed by atoms with Gasteiger partial charge >= 0.3 is 12.3 Å². The lowest BCUT2D eigenvalue weighted by Crippen LogP contribution is -2.54. The normalized spacial score (nSPS) is 28.4. The van der Waals surface area contributed by atoms with Crippen molar-refractivity contribution in [3.8, 4) is 5.69 Å². The Labute approximate surface area is 280 Å². The summed E-state index contributed by atoms with van der Waals surface area (Å²) in [7, 11) is -2.29. The van der Waals surface area contributed by atoms with E-state index in [1.807, 2.05) is 6.08 Å². The van der Waals surface area contributed by atoms with Crippen LogP contribution in [-0.4, -0.2) is 77.4 Å². The van der Waals surface area contributed by atoms with Gasteiger partial charge in [0, 0.05) is 31.9 Å². The van der Waals surface area contributed by atoms with Crippen molar-refractivity contribution < 1.29 is 45.5 Å². The van der Waals surface area contributed by atoms with Crippen LogP contribution in [0.3, 0.4) is 0 Å². The molecular weight excluding hydrogens is 669 g/mol. The second-order valence-electron chi connectivity index (χ2n) is 13.1. The number of carbonyl (C=O) groups excluding carboxylic acids is 4. The molecule has 0 bridgehead atoms. The molecule has 3 aliphatic carbocycles. The van der Waals surface area contributed by atoms with Crippen LogP contribution in [0.1, 0.15) is 56.9 Å². The summed E-state index contributed by atoms with van der Waals surface area (Å²) in [5.41, 5.74) is -2.62. The fraction of sp³-hybridized carbons (Fsp3) is 0.531. The van der Waals surface area contributed by atoms with Gasteiger partial charge in [-0.3, -0.25) is 24.4 Å². The number of fused-ring (bicyclic) bond motifs is 2. The van der Waals surface area contributed by atoms with E-state index in [1.54, 1.807) is 19.2 Å². The molecule has 0 spiro atoms. The van der Waals surface area contributed by atoms with Gasteiger partial charge in [-0.2, -0.15) is 18.3 Å². The Hall–Kier alpha value is -4.41. The molecule has 0 saturated heterocycles. The summed E-state index contributed by atoms with van der Waals surface area (Å²) in [4.78, 5) is 55.6. The molecule has 4 amide bonds. The Bertz CT molecular complexity index is 1760. The van der Waals surface area contributed by atoms with Gasteiger partial charge in [-0.05, 0) is 75.6 Å². The molecule has 17 heteroatoms. The number of sulfonamides is 1. The molecule has 2 aromatic rings. The maximum Gasteiger partial charge on any atom is 0.416 e. The Balaban J connectivity index is 1.22. The number of allylic oxidation sites excluding steroid dienone is 1. The summed E-state index contributed by atoms with van der Waals surface area (Å²) >= 11 is 0. The lowest BCUT2D eigenvalue weighted by molar-refractivity contribution is -0.140. The van der Waals surface area contributed by atoms with Gasteiger partial charge in [0.15, 0.2) is 0 Å². The third kappa shape index (κ3) is 7.45. The lowest BCUT2D eigenvalue weighted by atomic mass is 9.93. The minimum absolute atomic E-state index is 0.0537. The number of carbonyl (C=O) groups is 4. The van der Waals surface area contributed by atoms with Gasteiger partial charge in [-0.1, -0.05) is 12.2 Å². The minimum Gasteiger partial charge on any atom is -0.446 e. The van der Waals surface area contributed by atoms with Crippen LogP contribution in [0.15, 0.2) is 48.8 Å². The number of nitrogens with zero attached hydrogens (tertiary/aromatic N) is 3. The van der Waals surface area contributed by atoms with Gasteiger partial charge in [0.25, 0.3) is 5.91 Å². The summed E-state index contributed by atoms with van der Waals surface area (Å²) in [6.45, 7) is 0.421. The van der Waals surface area contributed by atoms with Crippen LogP contribution < -0.4 is 15.4 Å². The quantitative estimate of drug-likeness (QED) is 0.384. The molecule has 1 aliphatic heterocycles. The highest BCUT2D eigenvalue weighted by Gasteiger charge is 2.62. The highest BCUT2D eigenvalue weighted by molar-refractivity contribution is 7.91. The maximum absolute atomic E-state index is 13.9. The summed E-state index contributed by atoms with van der Waals surface area (Å²) in [6, 6.07) is 4.33. The molecule has 6 rings (SSSR count). The number of alkyl halides is 3. The molecule has 3 saturated carbocycles. The molecule has 0 radical (unpaired) electrons. The van der Waals surface area contributed by atoms with Gasteiger partial charge < -0.3 is 15.0 Å². The minimum atomic E-state index is -4.69. The van der Waals surface area contributed by atoms with Crippen LogP contribution in [-0.2, 0) is 35.3 Å². The number of benzene rings is 1. The van der Waals surface area contributed by atoms with Crippen LogP contribution in [0, 0.1) is 17.8 Å². The van der Waals surface area contributed by atoms with Crippen molar-refractivity contribution in [3.63, 3.8) is 0 Å². The van der Waals surface area contributed by atoms with Crippen molar-refractivity contribution >= 4 is 39.5 Å². The number of nitrogens with one attached hydrogen (secondary N) is 3. The van der Waals surface area contributed by atoms with E-state index < -0.39 is 74.3 Å². The van der Waals surface area contributed by atoms with E-state index in [4.69, 9.17) is 4.74 Å². The first-order valence-corrected chi connectivity index (χ1v) is 17.7. The Morgan fingerprint density at radius 3 is 2.57 bits per heavy atom. The van der Waals surface area contributed by atoms with E-state index in [0.717, 1.165) is 24.6 Å². The molecule has 3 fully saturated rings. The molecule has 1 aromatic carbocycles. The van der Waals surface area contributed by atoms with Crippen LogP contribution in [0.5, 0.6) is 0 Å². The van der Waals surface area contributed by atoms with Crippen molar-refractivity contribution in [2.75, 3.05) is 18.9 Å². The number of ether oxygens (including phenoxy) is 1. The first kappa shape index (κ1) is 34.5. The smallest absolute Gasteiger partial charge is 0.416 e. The fourth-order valence-corrected chi connectivity index (χ4v) is 7.97. The average molecular weight is 707 g/mol. The van der Waals surface area contributed by atoms with Crippen molar-refractivity contribution in [3.05, 3.63) is 54.4 Å². The van der Waals surface area contributed by atoms with Gasteiger partial charge in [0.05, 0.1) is 34.0 Å². The van der Waals surface area contributed by atoms with E-state index in [9.17, 15) is 40.8 Å². The largest absolute Gasteiger partial charge is 0.446 e. The third-order valence-electron chi connectivity index (χ3n) is 9.58. The van der Waals surface area contributed by atoms with E-state index in [-0.39, 0.29) is 36.5 Å². The number of amides is 4. The Kier molecular flexibility index (Phi) is 9.23. The molecule has 264 valence electrons. The summed E-state index contributed by atoms with van der Waals surface area (Å²) < 4.78 is 74.8. The monoisotopic (exact) mass is 706 g/mol. The van der Waals surface area contributed by atoms with Crippen molar-refractivity contribution in [2.45, 2.75) is 74.4 Å². The first-order chi connectivity index (χ1) is 23.2. The van der Waals surface area contributed by atoms with Crippen molar-refractivity contribution in [1.82, 2.24) is 24.7 Å². The topological polar surface area (TPSA) is 169 Å². The Morgan fingerprint density at radius 2 is 1.88 bits per heavy atom. The molecule has 2 heterocycles. The fourth-order valence-electron chi connectivity index (χ4n) is 6.61.